The maximum Gasteiger partial charge on any atom is 0.256 e. The van der Waals surface area contributed by atoms with Gasteiger partial charge in [-0.05, 0) is 61.9 Å². The van der Waals surface area contributed by atoms with E-state index < -0.39 is 22.0 Å². The number of allylic oxidation sites excluding steroid dienone is 2. The van der Waals surface area contributed by atoms with E-state index in [2.05, 4.69) is 15.6 Å². The van der Waals surface area contributed by atoms with Crippen LogP contribution in [0.1, 0.15) is 31.2 Å². The van der Waals surface area contributed by atoms with Crippen LogP contribution in [0.15, 0.2) is 71.3 Å². The number of hydrogen-bond acceptors (Lipinski definition) is 4. The molecule has 1 aliphatic carbocycles. The Labute approximate surface area is 176 Å². The molecule has 8 heteroatoms. The van der Waals surface area contributed by atoms with Gasteiger partial charge in [-0.25, -0.2) is 8.42 Å². The van der Waals surface area contributed by atoms with Crippen molar-refractivity contribution in [2.75, 3.05) is 0 Å². The average molecular weight is 434 g/mol. The summed E-state index contributed by atoms with van der Waals surface area (Å²) in [6, 6.07) is 14.1. The van der Waals surface area contributed by atoms with E-state index in [0.29, 0.717) is 5.02 Å². The molecule has 0 heterocycles. The molecule has 1 atom stereocenters. The third-order valence-electron chi connectivity index (χ3n) is 4.66. The average Bonchev–Trinajstić information content (AvgIpc) is 2.73. The summed E-state index contributed by atoms with van der Waals surface area (Å²) in [6.45, 7) is 0. The van der Waals surface area contributed by atoms with Crippen molar-refractivity contribution in [3.8, 4) is 0 Å². The minimum Gasteiger partial charge on any atom is -0.303 e. The summed E-state index contributed by atoms with van der Waals surface area (Å²) in [5.41, 5.74) is 7.38. The Kier molecular flexibility index (Phi) is 7.30. The van der Waals surface area contributed by atoms with Gasteiger partial charge in [0.1, 0.15) is 6.04 Å². The van der Waals surface area contributed by atoms with Crippen LogP contribution < -0.4 is 15.6 Å². The van der Waals surface area contributed by atoms with Crippen molar-refractivity contribution in [2.24, 2.45) is 0 Å². The zero-order chi connectivity index (χ0) is 20.7. The van der Waals surface area contributed by atoms with Gasteiger partial charge in [0.15, 0.2) is 0 Å². The van der Waals surface area contributed by atoms with E-state index in [0.717, 1.165) is 36.9 Å². The third kappa shape index (κ3) is 6.32. The zero-order valence-electron chi connectivity index (χ0n) is 15.9. The van der Waals surface area contributed by atoms with Crippen molar-refractivity contribution in [3.63, 3.8) is 0 Å². The first-order valence-corrected chi connectivity index (χ1v) is 11.4. The topological polar surface area (TPSA) is 87.3 Å². The highest BCUT2D eigenvalue weighted by molar-refractivity contribution is 7.89. The van der Waals surface area contributed by atoms with Gasteiger partial charge in [-0.3, -0.25) is 10.2 Å². The van der Waals surface area contributed by atoms with Crippen LogP contribution in [0.5, 0.6) is 0 Å². The molecular weight excluding hydrogens is 410 g/mol. The first-order chi connectivity index (χ1) is 13.9. The predicted octanol–water partition coefficient (Wildman–Crippen LogP) is 3.31. The first kappa shape index (κ1) is 21.4. The lowest BCUT2D eigenvalue weighted by Gasteiger charge is -2.21. The molecule has 0 aliphatic heterocycles. The molecule has 0 radical (unpaired) electrons. The fourth-order valence-electron chi connectivity index (χ4n) is 3.09. The highest BCUT2D eigenvalue weighted by Crippen LogP contribution is 2.16. The smallest absolute Gasteiger partial charge is 0.256 e. The number of sulfonamides is 1. The Morgan fingerprint density at radius 1 is 1.03 bits per heavy atom. The van der Waals surface area contributed by atoms with Gasteiger partial charge in [0, 0.05) is 10.7 Å². The summed E-state index contributed by atoms with van der Waals surface area (Å²) in [6.07, 6.45) is 6.30. The summed E-state index contributed by atoms with van der Waals surface area (Å²) in [5.74, 6) is -0.446. The standard InChI is InChI=1S/C21H24ClN3O3S/c22-17-11-13-19(14-12-17)29(27,28)25-20(15-16-7-3-1-4-8-16)21(26)24-23-18-9-5-2-6-10-18/h1,3-4,7-9,11-14,20,23,25H,2,5-6,10,15H2,(H,24,26). The lowest BCUT2D eigenvalue weighted by Crippen LogP contribution is -2.51. The molecule has 0 fully saturated rings. The van der Waals surface area contributed by atoms with Crippen LogP contribution in [0.3, 0.4) is 0 Å². The predicted molar refractivity (Wildman–Crippen MR) is 114 cm³/mol. The van der Waals surface area contributed by atoms with Gasteiger partial charge in [0.2, 0.25) is 10.0 Å². The minimum absolute atomic E-state index is 0.0516. The largest absolute Gasteiger partial charge is 0.303 e. The van der Waals surface area contributed by atoms with Crippen molar-refractivity contribution in [2.45, 2.75) is 43.0 Å². The molecule has 3 rings (SSSR count). The third-order valence-corrected chi connectivity index (χ3v) is 6.40. The Bertz CT molecular complexity index is 960. The number of carbonyl (C=O) groups excluding carboxylic acids is 1. The monoisotopic (exact) mass is 433 g/mol. The molecule has 0 bridgehead atoms. The van der Waals surface area contributed by atoms with Gasteiger partial charge >= 0.3 is 0 Å². The van der Waals surface area contributed by atoms with E-state index >= 15 is 0 Å². The van der Waals surface area contributed by atoms with Crippen molar-refractivity contribution < 1.29 is 13.2 Å². The fraction of sp³-hybridized carbons (Fsp3) is 0.286. The molecule has 1 amide bonds. The van der Waals surface area contributed by atoms with Gasteiger partial charge in [0.25, 0.3) is 5.91 Å². The second-order valence-electron chi connectivity index (χ2n) is 6.91. The SMILES string of the molecule is O=C(NNC1=CCCCC1)C(Cc1ccccc1)NS(=O)(=O)c1ccc(Cl)cc1. The number of hydrogen-bond donors (Lipinski definition) is 3. The Balaban J connectivity index is 1.75. The van der Waals surface area contributed by atoms with E-state index in [-0.39, 0.29) is 11.3 Å². The Hall–Kier alpha value is -2.35. The van der Waals surface area contributed by atoms with Gasteiger partial charge in [0.05, 0.1) is 4.90 Å². The fourth-order valence-corrected chi connectivity index (χ4v) is 4.41. The van der Waals surface area contributed by atoms with Crippen LogP contribution >= 0.6 is 11.6 Å². The van der Waals surface area contributed by atoms with E-state index in [1.807, 2.05) is 36.4 Å². The van der Waals surface area contributed by atoms with E-state index in [1.165, 1.54) is 24.3 Å². The lowest BCUT2D eigenvalue weighted by molar-refractivity contribution is -0.123. The highest BCUT2D eigenvalue weighted by Gasteiger charge is 2.26. The zero-order valence-corrected chi connectivity index (χ0v) is 17.5. The van der Waals surface area contributed by atoms with E-state index in [4.69, 9.17) is 11.6 Å². The molecule has 0 spiro atoms. The number of rotatable bonds is 8. The van der Waals surface area contributed by atoms with E-state index in [9.17, 15) is 13.2 Å². The number of benzene rings is 2. The van der Waals surface area contributed by atoms with Gasteiger partial charge in [-0.15, -0.1) is 0 Å². The van der Waals surface area contributed by atoms with Crippen LogP contribution in [0.4, 0.5) is 0 Å². The number of hydrazine groups is 1. The molecule has 0 saturated carbocycles. The van der Waals surface area contributed by atoms with Gasteiger partial charge < -0.3 is 5.43 Å². The summed E-state index contributed by atoms with van der Waals surface area (Å²) < 4.78 is 28.1. The van der Waals surface area contributed by atoms with Crippen molar-refractivity contribution in [1.82, 2.24) is 15.6 Å². The van der Waals surface area contributed by atoms with Gasteiger partial charge in [-0.2, -0.15) is 4.72 Å². The molecular formula is C21H24ClN3O3S. The molecule has 0 aromatic heterocycles. The molecule has 6 nitrogen and oxygen atoms in total. The molecule has 154 valence electrons. The lowest BCUT2D eigenvalue weighted by atomic mass is 10.1. The van der Waals surface area contributed by atoms with Crippen molar-refractivity contribution in [3.05, 3.63) is 77.0 Å². The number of carbonyl (C=O) groups is 1. The van der Waals surface area contributed by atoms with Crippen molar-refractivity contribution >= 4 is 27.5 Å². The quantitative estimate of drug-likeness (QED) is 0.557. The van der Waals surface area contributed by atoms with Crippen LogP contribution in [0, 0.1) is 0 Å². The Morgan fingerprint density at radius 3 is 2.41 bits per heavy atom. The molecule has 3 N–H and O–H groups in total. The maximum absolute atomic E-state index is 12.8. The summed E-state index contributed by atoms with van der Waals surface area (Å²) in [4.78, 5) is 12.9. The summed E-state index contributed by atoms with van der Waals surface area (Å²) >= 11 is 5.85. The molecule has 2 aromatic carbocycles. The second kappa shape index (κ2) is 9.91. The normalized spacial score (nSPS) is 15.3. The molecule has 2 aromatic rings. The van der Waals surface area contributed by atoms with Crippen LogP contribution in [-0.2, 0) is 21.2 Å². The molecule has 0 saturated heterocycles. The van der Waals surface area contributed by atoms with Gasteiger partial charge in [-0.1, -0.05) is 48.0 Å². The molecule has 1 aliphatic rings. The molecule has 29 heavy (non-hydrogen) atoms. The van der Waals surface area contributed by atoms with Crippen LogP contribution in [0.25, 0.3) is 0 Å². The second-order valence-corrected chi connectivity index (χ2v) is 9.06. The highest BCUT2D eigenvalue weighted by atomic mass is 35.5. The Morgan fingerprint density at radius 2 is 1.76 bits per heavy atom. The van der Waals surface area contributed by atoms with Crippen LogP contribution in [0.2, 0.25) is 5.02 Å². The summed E-state index contributed by atoms with van der Waals surface area (Å²) in [7, 11) is -3.90. The number of halogens is 1. The van der Waals surface area contributed by atoms with Crippen LogP contribution in [-0.4, -0.2) is 20.4 Å². The van der Waals surface area contributed by atoms with Crippen molar-refractivity contribution in [1.29, 1.82) is 0 Å². The molecule has 1 unspecified atom stereocenters. The first-order valence-electron chi connectivity index (χ1n) is 9.51. The number of amides is 1. The van der Waals surface area contributed by atoms with E-state index in [1.54, 1.807) is 0 Å². The maximum atomic E-state index is 12.8. The summed E-state index contributed by atoms with van der Waals surface area (Å²) in [5, 5.41) is 0.437. The number of nitrogens with one attached hydrogen (secondary N) is 3. The minimum atomic E-state index is -3.90.